The molecular formula is C12H17NO2S. The van der Waals surface area contributed by atoms with Crippen molar-refractivity contribution in [1.29, 1.82) is 0 Å². The Kier molecular flexibility index (Phi) is 3.30. The van der Waals surface area contributed by atoms with Crippen molar-refractivity contribution in [2.75, 3.05) is 13.1 Å². The lowest BCUT2D eigenvalue weighted by molar-refractivity contribution is 0.0438. The molecule has 1 atom stereocenters. The Morgan fingerprint density at radius 2 is 2.31 bits per heavy atom. The largest absolute Gasteiger partial charge is 0.390 e. The van der Waals surface area contributed by atoms with E-state index in [-0.39, 0.29) is 5.91 Å². The second kappa shape index (κ2) is 4.55. The van der Waals surface area contributed by atoms with E-state index in [2.05, 4.69) is 0 Å². The molecule has 0 aliphatic carbocycles. The highest BCUT2D eigenvalue weighted by molar-refractivity contribution is 7.12. The number of carbonyl (C=O) groups is 1. The van der Waals surface area contributed by atoms with Crippen LogP contribution in [0.4, 0.5) is 0 Å². The summed E-state index contributed by atoms with van der Waals surface area (Å²) >= 11 is 1.48. The summed E-state index contributed by atoms with van der Waals surface area (Å²) in [5, 5.41) is 11.9. The second-order valence-corrected chi connectivity index (χ2v) is 5.57. The first-order valence-corrected chi connectivity index (χ1v) is 6.52. The van der Waals surface area contributed by atoms with Gasteiger partial charge >= 0.3 is 0 Å². The highest BCUT2D eigenvalue weighted by Crippen LogP contribution is 2.23. The van der Waals surface area contributed by atoms with Gasteiger partial charge in [-0.2, -0.15) is 0 Å². The predicted octanol–water partition coefficient (Wildman–Crippen LogP) is 2.13. The van der Waals surface area contributed by atoms with E-state index in [0.717, 1.165) is 24.3 Å². The summed E-state index contributed by atoms with van der Waals surface area (Å²) < 4.78 is 0. The summed E-state index contributed by atoms with van der Waals surface area (Å²) in [6.07, 6.45) is 2.33. The third kappa shape index (κ3) is 2.62. The fraction of sp³-hybridized carbons (Fsp3) is 0.583. The van der Waals surface area contributed by atoms with Gasteiger partial charge in [-0.1, -0.05) is 6.07 Å². The van der Waals surface area contributed by atoms with Crippen LogP contribution in [-0.4, -0.2) is 34.6 Å². The van der Waals surface area contributed by atoms with E-state index >= 15 is 0 Å². The van der Waals surface area contributed by atoms with Gasteiger partial charge in [0, 0.05) is 13.1 Å². The predicted molar refractivity (Wildman–Crippen MR) is 64.7 cm³/mol. The monoisotopic (exact) mass is 239 g/mol. The molecule has 1 unspecified atom stereocenters. The second-order valence-electron chi connectivity index (χ2n) is 4.62. The van der Waals surface area contributed by atoms with Crippen LogP contribution in [0.2, 0.25) is 0 Å². The average molecular weight is 239 g/mol. The Labute approximate surface area is 99.7 Å². The Balaban J connectivity index is 2.03. The lowest BCUT2D eigenvalue weighted by Gasteiger charge is -2.22. The standard InChI is InChI=1S/C12H17NO2S/c1-12(15)5-3-7-13(8-6-12)11(14)10-4-2-9-16-10/h2,4,9,15H,3,5-8H2,1H3. The summed E-state index contributed by atoms with van der Waals surface area (Å²) in [6.45, 7) is 3.27. The first-order valence-electron chi connectivity index (χ1n) is 5.64. The Morgan fingerprint density at radius 1 is 1.50 bits per heavy atom. The van der Waals surface area contributed by atoms with Crippen molar-refractivity contribution in [3.8, 4) is 0 Å². The number of hydrogen-bond donors (Lipinski definition) is 1. The van der Waals surface area contributed by atoms with Gasteiger partial charge in [-0.05, 0) is 37.6 Å². The van der Waals surface area contributed by atoms with Gasteiger partial charge in [-0.3, -0.25) is 4.79 Å². The van der Waals surface area contributed by atoms with Crippen molar-refractivity contribution in [2.45, 2.75) is 31.8 Å². The number of hydrogen-bond acceptors (Lipinski definition) is 3. The van der Waals surface area contributed by atoms with Gasteiger partial charge in [0.1, 0.15) is 0 Å². The van der Waals surface area contributed by atoms with Gasteiger partial charge in [-0.15, -0.1) is 11.3 Å². The van der Waals surface area contributed by atoms with Crippen molar-refractivity contribution in [1.82, 2.24) is 4.90 Å². The molecule has 1 aromatic heterocycles. The third-order valence-corrected chi connectivity index (χ3v) is 3.94. The summed E-state index contributed by atoms with van der Waals surface area (Å²) in [5.74, 6) is 0.104. The molecule has 2 rings (SSSR count). The van der Waals surface area contributed by atoms with Crippen LogP contribution in [0, 0.1) is 0 Å². The van der Waals surface area contributed by atoms with E-state index in [9.17, 15) is 9.90 Å². The van der Waals surface area contributed by atoms with Crippen molar-refractivity contribution in [3.63, 3.8) is 0 Å². The zero-order valence-electron chi connectivity index (χ0n) is 9.48. The molecule has 88 valence electrons. The molecule has 0 radical (unpaired) electrons. The number of thiophene rings is 1. The molecule has 1 amide bonds. The van der Waals surface area contributed by atoms with Crippen LogP contribution in [0.15, 0.2) is 17.5 Å². The summed E-state index contributed by atoms with van der Waals surface area (Å²) in [6, 6.07) is 3.75. The van der Waals surface area contributed by atoms with E-state index in [0.29, 0.717) is 13.0 Å². The summed E-state index contributed by atoms with van der Waals surface area (Å²) in [5.41, 5.74) is -0.607. The third-order valence-electron chi connectivity index (χ3n) is 3.08. The zero-order valence-corrected chi connectivity index (χ0v) is 10.3. The van der Waals surface area contributed by atoms with Crippen LogP contribution in [0.1, 0.15) is 35.9 Å². The van der Waals surface area contributed by atoms with Crippen molar-refractivity contribution >= 4 is 17.2 Å². The Bertz CT molecular complexity index is 359. The highest BCUT2D eigenvalue weighted by atomic mass is 32.1. The van der Waals surface area contributed by atoms with Gasteiger partial charge in [0.25, 0.3) is 5.91 Å². The van der Waals surface area contributed by atoms with Crippen molar-refractivity contribution in [2.24, 2.45) is 0 Å². The van der Waals surface area contributed by atoms with Crippen LogP contribution in [0.25, 0.3) is 0 Å². The molecule has 1 aromatic rings. The van der Waals surface area contributed by atoms with E-state index in [1.54, 1.807) is 0 Å². The summed E-state index contributed by atoms with van der Waals surface area (Å²) in [7, 11) is 0. The molecule has 0 saturated carbocycles. The van der Waals surface area contributed by atoms with E-state index in [4.69, 9.17) is 0 Å². The van der Waals surface area contributed by atoms with Gasteiger partial charge in [0.15, 0.2) is 0 Å². The molecule has 4 heteroatoms. The zero-order chi connectivity index (χ0) is 11.6. The van der Waals surface area contributed by atoms with E-state index < -0.39 is 5.60 Å². The molecular weight excluding hydrogens is 222 g/mol. The molecule has 0 aromatic carbocycles. The quantitative estimate of drug-likeness (QED) is 0.815. The maximum Gasteiger partial charge on any atom is 0.263 e. The van der Waals surface area contributed by atoms with Gasteiger partial charge in [0.05, 0.1) is 10.5 Å². The van der Waals surface area contributed by atoms with E-state index in [1.807, 2.05) is 29.3 Å². The van der Waals surface area contributed by atoms with Crippen LogP contribution in [-0.2, 0) is 0 Å². The normalized spacial score (nSPS) is 26.5. The average Bonchev–Trinajstić information content (AvgIpc) is 2.69. The topological polar surface area (TPSA) is 40.5 Å². The molecule has 1 aliphatic heterocycles. The van der Waals surface area contributed by atoms with Gasteiger partial charge in [0.2, 0.25) is 0 Å². The smallest absolute Gasteiger partial charge is 0.263 e. The number of carbonyl (C=O) groups excluding carboxylic acids is 1. The van der Waals surface area contributed by atoms with Crippen LogP contribution < -0.4 is 0 Å². The molecule has 1 aliphatic rings. The Morgan fingerprint density at radius 3 is 3.00 bits per heavy atom. The summed E-state index contributed by atoms with van der Waals surface area (Å²) in [4.78, 5) is 14.7. The van der Waals surface area contributed by atoms with Crippen LogP contribution >= 0.6 is 11.3 Å². The van der Waals surface area contributed by atoms with Gasteiger partial charge < -0.3 is 10.0 Å². The fourth-order valence-corrected chi connectivity index (χ4v) is 2.71. The first-order chi connectivity index (χ1) is 7.58. The SMILES string of the molecule is CC1(O)CCCN(C(=O)c2cccs2)CC1. The minimum atomic E-state index is -0.607. The maximum atomic E-state index is 12.1. The Hall–Kier alpha value is -0.870. The van der Waals surface area contributed by atoms with Crippen molar-refractivity contribution in [3.05, 3.63) is 22.4 Å². The molecule has 1 saturated heterocycles. The molecule has 0 bridgehead atoms. The van der Waals surface area contributed by atoms with E-state index in [1.165, 1.54) is 11.3 Å². The molecule has 3 nitrogen and oxygen atoms in total. The number of amides is 1. The lowest BCUT2D eigenvalue weighted by atomic mass is 9.98. The molecule has 0 spiro atoms. The minimum Gasteiger partial charge on any atom is -0.390 e. The number of rotatable bonds is 1. The maximum absolute atomic E-state index is 12.1. The molecule has 2 heterocycles. The lowest BCUT2D eigenvalue weighted by Crippen LogP contribution is -2.33. The minimum absolute atomic E-state index is 0.104. The highest BCUT2D eigenvalue weighted by Gasteiger charge is 2.27. The number of aliphatic hydroxyl groups is 1. The fourth-order valence-electron chi connectivity index (χ4n) is 2.02. The number of nitrogens with zero attached hydrogens (tertiary/aromatic N) is 1. The van der Waals surface area contributed by atoms with Crippen LogP contribution in [0.5, 0.6) is 0 Å². The van der Waals surface area contributed by atoms with Crippen molar-refractivity contribution < 1.29 is 9.90 Å². The molecule has 1 N–H and O–H groups in total. The van der Waals surface area contributed by atoms with Gasteiger partial charge in [-0.25, -0.2) is 0 Å². The van der Waals surface area contributed by atoms with Crippen LogP contribution in [0.3, 0.4) is 0 Å². The molecule has 1 fully saturated rings. The number of likely N-dealkylation sites (tertiary alicyclic amines) is 1. The molecule has 16 heavy (non-hydrogen) atoms. The first kappa shape index (κ1) is 11.6.